The number of hydrogen-bond acceptors (Lipinski definition) is 1. The Morgan fingerprint density at radius 3 is 2.67 bits per heavy atom. The molecule has 54 valence electrons. The van der Waals surface area contributed by atoms with E-state index in [0.717, 1.165) is 6.42 Å². The monoisotopic (exact) mass is 148 g/mol. The van der Waals surface area contributed by atoms with Gasteiger partial charge in [0.2, 0.25) is 0 Å². The molecule has 0 aromatic carbocycles. The molecule has 1 N–H and O–H groups in total. The largest absolute Gasteiger partial charge is 0.306 e. The van der Waals surface area contributed by atoms with Gasteiger partial charge in [0.25, 0.3) is 0 Å². The average Bonchev–Trinajstić information content (AvgIpc) is 1.80. The summed E-state index contributed by atoms with van der Waals surface area (Å²) in [5.41, 5.74) is 0. The molecule has 0 saturated heterocycles. The third-order valence-electron chi connectivity index (χ3n) is 0.862. The van der Waals surface area contributed by atoms with E-state index in [2.05, 4.69) is 0 Å². The van der Waals surface area contributed by atoms with Gasteiger partial charge in [-0.25, -0.2) is 4.21 Å². The molecular weight excluding hydrogens is 136 g/mol. The van der Waals surface area contributed by atoms with Crippen LogP contribution in [0.4, 0.5) is 0 Å². The minimum absolute atomic E-state index is 0.358. The van der Waals surface area contributed by atoms with E-state index in [1.807, 2.05) is 19.1 Å². The predicted octanol–water partition coefficient (Wildman–Crippen LogP) is 1.56. The van der Waals surface area contributed by atoms with Crippen LogP contribution >= 0.6 is 0 Å². The van der Waals surface area contributed by atoms with Crippen LogP contribution in [0.25, 0.3) is 0 Å². The van der Waals surface area contributed by atoms with Crippen LogP contribution in [0.5, 0.6) is 0 Å². The molecule has 1 atom stereocenters. The highest BCUT2D eigenvalue weighted by atomic mass is 32.2. The molecule has 0 heterocycles. The molecule has 0 aliphatic rings. The van der Waals surface area contributed by atoms with Crippen molar-refractivity contribution in [2.24, 2.45) is 0 Å². The first-order valence-electron chi connectivity index (χ1n) is 2.99. The molecule has 0 radical (unpaired) electrons. The highest BCUT2D eigenvalue weighted by molar-refractivity contribution is 7.79. The summed E-state index contributed by atoms with van der Waals surface area (Å²) >= 11 is -1.62. The van der Waals surface area contributed by atoms with Crippen LogP contribution in [0.3, 0.4) is 0 Å². The summed E-state index contributed by atoms with van der Waals surface area (Å²) in [5.74, 6) is 0.358. The molecule has 0 spiro atoms. The average molecular weight is 148 g/mol. The molecule has 0 rings (SSSR count). The van der Waals surface area contributed by atoms with Crippen molar-refractivity contribution >= 4 is 11.1 Å². The van der Waals surface area contributed by atoms with E-state index in [-0.39, 0.29) is 0 Å². The molecule has 0 saturated carbocycles. The maximum atomic E-state index is 10.0. The van der Waals surface area contributed by atoms with E-state index in [9.17, 15) is 4.21 Å². The highest BCUT2D eigenvalue weighted by Crippen LogP contribution is 1.87. The number of allylic oxidation sites excluding steroid dienone is 2. The van der Waals surface area contributed by atoms with Gasteiger partial charge in [-0.15, -0.1) is 0 Å². The van der Waals surface area contributed by atoms with Crippen molar-refractivity contribution in [3.63, 3.8) is 0 Å². The molecule has 0 aliphatic carbocycles. The first kappa shape index (κ1) is 8.85. The van der Waals surface area contributed by atoms with Crippen LogP contribution in [0.1, 0.15) is 19.8 Å². The normalized spacial score (nSPS) is 14.4. The van der Waals surface area contributed by atoms with Crippen LogP contribution in [-0.2, 0) is 11.1 Å². The van der Waals surface area contributed by atoms with Gasteiger partial charge in [0.1, 0.15) is 0 Å². The summed E-state index contributed by atoms with van der Waals surface area (Å²) in [5, 5.41) is 0. The standard InChI is InChI=1S/C6H12O2S/c1-2-3-4-5-6-9(7)8/h3-4H,2,5-6H2,1H3,(H,7,8)/b4-3-. The summed E-state index contributed by atoms with van der Waals surface area (Å²) < 4.78 is 18.3. The molecule has 1 unspecified atom stereocenters. The Morgan fingerprint density at radius 2 is 2.22 bits per heavy atom. The zero-order valence-corrected chi connectivity index (χ0v) is 6.36. The zero-order valence-electron chi connectivity index (χ0n) is 5.54. The van der Waals surface area contributed by atoms with Crippen LogP contribution in [0.15, 0.2) is 12.2 Å². The number of rotatable bonds is 4. The Balaban J connectivity index is 3.09. The lowest BCUT2D eigenvalue weighted by atomic mass is 10.4. The van der Waals surface area contributed by atoms with Gasteiger partial charge < -0.3 is 4.55 Å². The molecular formula is C6H12O2S. The minimum Gasteiger partial charge on any atom is -0.306 e. The quantitative estimate of drug-likeness (QED) is 0.485. The van der Waals surface area contributed by atoms with E-state index in [1.54, 1.807) is 0 Å². The smallest absolute Gasteiger partial charge is 0.153 e. The second kappa shape index (κ2) is 5.98. The molecule has 0 aromatic rings. The van der Waals surface area contributed by atoms with Gasteiger partial charge in [0.05, 0.1) is 5.75 Å². The van der Waals surface area contributed by atoms with Crippen molar-refractivity contribution < 1.29 is 8.76 Å². The van der Waals surface area contributed by atoms with Crippen molar-refractivity contribution in [1.82, 2.24) is 0 Å². The van der Waals surface area contributed by atoms with Crippen molar-refractivity contribution in [1.29, 1.82) is 0 Å². The van der Waals surface area contributed by atoms with Gasteiger partial charge in [-0.1, -0.05) is 19.1 Å². The van der Waals surface area contributed by atoms with Gasteiger partial charge in [-0.3, -0.25) is 0 Å². The second-order valence-electron chi connectivity index (χ2n) is 1.69. The summed E-state index contributed by atoms with van der Waals surface area (Å²) in [6, 6.07) is 0. The van der Waals surface area contributed by atoms with E-state index in [4.69, 9.17) is 4.55 Å². The summed E-state index contributed by atoms with van der Waals surface area (Å²) in [4.78, 5) is 0. The Morgan fingerprint density at radius 1 is 1.56 bits per heavy atom. The molecule has 9 heavy (non-hydrogen) atoms. The van der Waals surface area contributed by atoms with Gasteiger partial charge in [0.15, 0.2) is 11.1 Å². The number of hydrogen-bond donors (Lipinski definition) is 1. The Hall–Kier alpha value is -0.150. The molecule has 0 aliphatic heterocycles. The highest BCUT2D eigenvalue weighted by Gasteiger charge is 1.86. The van der Waals surface area contributed by atoms with Crippen LogP contribution in [0, 0.1) is 0 Å². The topological polar surface area (TPSA) is 37.3 Å². The first-order chi connectivity index (χ1) is 4.27. The van der Waals surface area contributed by atoms with Crippen molar-refractivity contribution in [3.8, 4) is 0 Å². The maximum Gasteiger partial charge on any atom is 0.153 e. The van der Waals surface area contributed by atoms with Gasteiger partial charge in [-0.2, -0.15) is 0 Å². The van der Waals surface area contributed by atoms with E-state index in [0.29, 0.717) is 12.2 Å². The lowest BCUT2D eigenvalue weighted by Crippen LogP contribution is -1.91. The van der Waals surface area contributed by atoms with E-state index >= 15 is 0 Å². The van der Waals surface area contributed by atoms with Crippen molar-refractivity contribution in [2.75, 3.05) is 5.75 Å². The SMILES string of the molecule is CC/C=C\CCS(=O)O. The Labute approximate surface area is 58.3 Å². The third kappa shape index (κ3) is 7.85. The lowest BCUT2D eigenvalue weighted by Gasteiger charge is -1.86. The van der Waals surface area contributed by atoms with Crippen LogP contribution in [0.2, 0.25) is 0 Å². The third-order valence-corrected chi connectivity index (χ3v) is 1.45. The van der Waals surface area contributed by atoms with Gasteiger partial charge in [0, 0.05) is 0 Å². The second-order valence-corrected chi connectivity index (χ2v) is 2.75. The van der Waals surface area contributed by atoms with Crippen LogP contribution in [-0.4, -0.2) is 14.5 Å². The van der Waals surface area contributed by atoms with Gasteiger partial charge in [-0.05, 0) is 12.8 Å². The Bertz CT molecular complexity index is 110. The first-order valence-corrected chi connectivity index (χ1v) is 4.27. The molecule has 0 fully saturated rings. The molecule has 0 amide bonds. The summed E-state index contributed by atoms with van der Waals surface area (Å²) in [6.07, 6.45) is 5.62. The molecule has 0 aromatic heterocycles. The fourth-order valence-electron chi connectivity index (χ4n) is 0.453. The lowest BCUT2D eigenvalue weighted by molar-refractivity contribution is 0.564. The fraction of sp³-hybridized carbons (Fsp3) is 0.667. The zero-order chi connectivity index (χ0) is 7.11. The van der Waals surface area contributed by atoms with E-state index < -0.39 is 11.1 Å². The molecule has 0 bridgehead atoms. The predicted molar refractivity (Wildman–Crippen MR) is 39.7 cm³/mol. The maximum absolute atomic E-state index is 10.0. The summed E-state index contributed by atoms with van der Waals surface area (Å²) in [7, 11) is 0. The molecule has 2 nitrogen and oxygen atoms in total. The minimum atomic E-state index is -1.62. The summed E-state index contributed by atoms with van der Waals surface area (Å²) in [6.45, 7) is 2.03. The fourth-order valence-corrected chi connectivity index (χ4v) is 0.791. The van der Waals surface area contributed by atoms with E-state index in [1.165, 1.54) is 0 Å². The molecule has 3 heteroatoms. The van der Waals surface area contributed by atoms with Crippen molar-refractivity contribution in [2.45, 2.75) is 19.8 Å². The van der Waals surface area contributed by atoms with Gasteiger partial charge >= 0.3 is 0 Å². The van der Waals surface area contributed by atoms with Crippen LogP contribution < -0.4 is 0 Å². The van der Waals surface area contributed by atoms with Crippen molar-refractivity contribution in [3.05, 3.63) is 12.2 Å². The Kier molecular flexibility index (Phi) is 5.88.